The quantitative estimate of drug-likeness (QED) is 0.0354. The molecule has 4 N–H and O–H groups in total. The number of allylic oxidation sites excluding steroid dienone is 1. The lowest BCUT2D eigenvalue weighted by atomic mass is 9.44. The van der Waals surface area contributed by atoms with E-state index in [-0.39, 0.29) is 43.6 Å². The Morgan fingerprint density at radius 3 is 2.00 bits per heavy atom. The van der Waals surface area contributed by atoms with E-state index < -0.39 is 19.4 Å². The zero-order chi connectivity index (χ0) is 51.8. The summed E-state index contributed by atoms with van der Waals surface area (Å²) in [7, 11) is -3.38. The molecule has 2 aromatic rings. The predicted molar refractivity (Wildman–Crippen MR) is 303 cm³/mol. The van der Waals surface area contributed by atoms with E-state index in [9.17, 15) is 19.5 Å². The molecule has 0 aliphatic heterocycles. The molecule has 72 heavy (non-hydrogen) atoms. The summed E-state index contributed by atoms with van der Waals surface area (Å²) in [5.41, 5.74) is 0.895. The van der Waals surface area contributed by atoms with E-state index in [1.54, 1.807) is 0 Å². The van der Waals surface area contributed by atoms with Crippen LogP contribution in [0.3, 0.4) is 0 Å². The van der Waals surface area contributed by atoms with Crippen molar-refractivity contribution in [3.05, 3.63) is 72.8 Å². The Labute approximate surface area is 440 Å². The number of carbonyl (C=O) groups is 2. The summed E-state index contributed by atoms with van der Waals surface area (Å²) in [6.07, 6.45) is 34.9. The minimum Gasteiger partial charge on any atom is -0.424 e. The van der Waals surface area contributed by atoms with Crippen LogP contribution in [0.15, 0.2) is 72.8 Å². The molecule has 5 unspecified atom stereocenters. The maximum atomic E-state index is 13.7. The number of unbranched alkanes of at least 4 members (excludes halogenated alkanes) is 9. The zero-order valence-electron chi connectivity index (χ0n) is 46.9. The molecular weight excluding hydrogens is 905 g/mol. The van der Waals surface area contributed by atoms with Gasteiger partial charge in [-0.1, -0.05) is 205 Å². The van der Waals surface area contributed by atoms with Gasteiger partial charge in [-0.25, -0.2) is 0 Å². The van der Waals surface area contributed by atoms with Crippen LogP contribution in [0, 0.1) is 58.2 Å². The predicted octanol–water partition coefficient (Wildman–Crippen LogP) is 13.5. The number of benzene rings is 2. The van der Waals surface area contributed by atoms with Gasteiger partial charge in [0.25, 0.3) is 8.32 Å². The van der Waals surface area contributed by atoms with Gasteiger partial charge in [-0.3, -0.25) is 9.59 Å². The van der Waals surface area contributed by atoms with Gasteiger partial charge in [0, 0.05) is 0 Å². The first kappa shape index (κ1) is 58.5. The van der Waals surface area contributed by atoms with E-state index in [0.717, 1.165) is 59.2 Å². The lowest BCUT2D eigenvalue weighted by Gasteiger charge is -2.61. The van der Waals surface area contributed by atoms with Crippen molar-refractivity contribution < 1.29 is 24.2 Å². The van der Waals surface area contributed by atoms with Gasteiger partial charge in [0.2, 0.25) is 11.8 Å². The first-order valence-corrected chi connectivity index (χ1v) is 31.8. The molecule has 0 spiro atoms. The number of hydrogen-bond acceptors (Lipinski definition) is 5. The fourth-order valence-corrected chi connectivity index (χ4v) is 19.2. The number of aliphatic hydroxyl groups is 1. The van der Waals surface area contributed by atoms with Crippen molar-refractivity contribution in [2.75, 3.05) is 19.8 Å². The summed E-state index contributed by atoms with van der Waals surface area (Å²) in [6, 6.07) is 19.5. The summed E-state index contributed by atoms with van der Waals surface area (Å²) in [6.45, 7) is 18.3. The molecule has 0 heterocycles. The third-order valence-corrected chi connectivity index (χ3v) is 24.4. The molecule has 0 bridgehead atoms. The van der Waals surface area contributed by atoms with E-state index in [4.69, 9.17) is 4.74 Å². The molecule has 6 rings (SSSR count). The largest absolute Gasteiger partial charge is 0.424 e. The number of carbonyl (C=O) groups excluding carboxylic acids is 2. The smallest absolute Gasteiger partial charge is 0.258 e. The molecule has 0 saturated heterocycles. The highest BCUT2D eigenvalue weighted by atomic mass is 28.4. The van der Waals surface area contributed by atoms with Crippen LogP contribution >= 0.6 is 0 Å². The molecule has 0 aromatic heterocycles. The zero-order valence-corrected chi connectivity index (χ0v) is 47.9. The van der Waals surface area contributed by atoms with Crippen LogP contribution in [0.4, 0.5) is 0 Å². The Morgan fingerprint density at radius 2 is 1.36 bits per heavy atom. The topological polar surface area (TPSA) is 108 Å². The minimum absolute atomic E-state index is 0.0472. The summed E-state index contributed by atoms with van der Waals surface area (Å²) >= 11 is 0. The lowest BCUT2D eigenvalue weighted by Crippen LogP contribution is -2.66. The maximum absolute atomic E-state index is 13.7. The highest BCUT2D eigenvalue weighted by molar-refractivity contribution is 6.98. The summed E-state index contributed by atoms with van der Waals surface area (Å²) < 4.78 is 6.37. The second kappa shape index (κ2) is 27.8. The van der Waals surface area contributed by atoms with Crippen molar-refractivity contribution in [2.24, 2.45) is 58.2 Å². The van der Waals surface area contributed by atoms with Crippen molar-refractivity contribution in [1.29, 1.82) is 0 Å². The van der Waals surface area contributed by atoms with Gasteiger partial charge in [0.1, 0.15) is 6.61 Å². The van der Waals surface area contributed by atoms with E-state index in [1.807, 2.05) is 60.7 Å². The number of rotatable bonds is 30. The van der Waals surface area contributed by atoms with Crippen molar-refractivity contribution in [3.8, 4) is 0 Å². The van der Waals surface area contributed by atoms with E-state index in [0.29, 0.717) is 29.1 Å². The molecule has 11 atom stereocenters. The third kappa shape index (κ3) is 15.0. The number of hydrogen-bond donors (Lipinski definition) is 4. The molecule has 404 valence electrons. The van der Waals surface area contributed by atoms with Gasteiger partial charge in [0.05, 0.1) is 25.3 Å². The van der Waals surface area contributed by atoms with Crippen molar-refractivity contribution >= 4 is 30.5 Å². The average molecular weight is 1010 g/mol. The van der Waals surface area contributed by atoms with Gasteiger partial charge in [-0.15, -0.1) is 0 Å². The average Bonchev–Trinajstić information content (AvgIpc) is 3.72. The molecule has 2 amide bonds. The monoisotopic (exact) mass is 1010 g/mol. The lowest BCUT2D eigenvalue weighted by molar-refractivity contribution is -0.143. The summed E-state index contributed by atoms with van der Waals surface area (Å²) in [4.78, 5) is 40.1. The van der Waals surface area contributed by atoms with Gasteiger partial charge in [-0.05, 0) is 151 Å². The second-order valence-corrected chi connectivity index (χ2v) is 29.6. The van der Waals surface area contributed by atoms with Crippen molar-refractivity contribution in [2.45, 2.75) is 227 Å². The van der Waals surface area contributed by atoms with E-state index >= 15 is 0 Å². The summed E-state index contributed by atoms with van der Waals surface area (Å²) in [5, 5.41) is 18.2. The molecule has 4 saturated carbocycles. The highest BCUT2D eigenvalue weighted by Crippen LogP contribution is 2.68. The molecule has 8 heteroatoms. The number of ether oxygens (including phenoxy) is 1. The van der Waals surface area contributed by atoms with Crippen molar-refractivity contribution in [3.63, 3.8) is 0 Å². The molecule has 7 nitrogen and oxygen atoms in total. The Morgan fingerprint density at radius 1 is 0.750 bits per heavy atom. The Kier molecular flexibility index (Phi) is 22.6. The standard InChI is InChI=1S/C64H104N2O5Si/c1-9-10-11-12-13-14-15-16-19-27-49(4)33-34-50(44-62(5,6)72(70,54-29-20-17-21-30-54)55-31-22-18-23-32-55)59(46-67)66-60(68)45-65-61(69)47-71-53-39-41-64(8)52(43-53)35-37-56-57-38-36-51(28-25-24-26-48(2)3)63(57,7)42-40-58(56)64/h17-18,20-23,29-34,48-53,56-59,67,70H,9-16,19,24-28,35-47H2,1-8H3,(H,65,69)(H,66,68)/b34-33+/t49?,50-,51-,52?,53-,56?,57?,58?,59-,63+,64-/m0/s1. The number of aliphatic hydroxyl groups excluding tert-OH is 1. The highest BCUT2D eigenvalue weighted by Gasteiger charge is 2.60. The first-order chi connectivity index (χ1) is 34.5. The molecular formula is C64H104N2O5Si. The maximum Gasteiger partial charge on any atom is 0.258 e. The molecule has 4 aliphatic carbocycles. The van der Waals surface area contributed by atoms with Crippen LogP contribution in [0.1, 0.15) is 209 Å². The number of fused-ring (bicyclic) bond motifs is 5. The van der Waals surface area contributed by atoms with Gasteiger partial charge in [-0.2, -0.15) is 0 Å². The van der Waals surface area contributed by atoms with Gasteiger partial charge < -0.3 is 25.3 Å². The van der Waals surface area contributed by atoms with E-state index in [2.05, 4.69) is 78.2 Å². The van der Waals surface area contributed by atoms with Crippen molar-refractivity contribution in [1.82, 2.24) is 10.6 Å². The summed E-state index contributed by atoms with van der Waals surface area (Å²) in [5.74, 6) is 4.39. The fourth-order valence-electron chi connectivity index (χ4n) is 15.5. The van der Waals surface area contributed by atoms with Crippen LogP contribution in [-0.2, 0) is 14.3 Å². The Balaban J connectivity index is 1.02. The fraction of sp³-hybridized carbons (Fsp3) is 0.750. The van der Waals surface area contributed by atoms with Crippen LogP contribution in [0.5, 0.6) is 0 Å². The molecule has 2 aromatic carbocycles. The molecule has 0 radical (unpaired) electrons. The van der Waals surface area contributed by atoms with Gasteiger partial charge >= 0.3 is 0 Å². The first-order valence-electron chi connectivity index (χ1n) is 29.9. The SMILES string of the molecule is CCCCCCCCCCCC(C)/C=C/[C@@H](CC(C)(C)[Si](O)(c1ccccc1)c1ccccc1)[C@H](CO)NC(=O)CNC(=O)CO[C@H]1CC[C@@]2(C)C(CCC3C2CC[C@@]2(C)C3CC[C@@H]2CCCCC(C)C)C1. The molecule has 4 fully saturated rings. The molecule has 4 aliphatic rings. The van der Waals surface area contributed by atoms with E-state index in [1.165, 1.54) is 128 Å². The normalized spacial score (nSPS) is 27.7. The Bertz CT molecular complexity index is 1900. The minimum atomic E-state index is -3.38. The third-order valence-electron chi connectivity index (χ3n) is 19.9. The Hall–Kier alpha value is -2.78. The number of nitrogens with one attached hydrogen (secondary N) is 2. The van der Waals surface area contributed by atoms with Crippen LogP contribution in [0.25, 0.3) is 0 Å². The van der Waals surface area contributed by atoms with Crippen LogP contribution in [-0.4, -0.2) is 61.9 Å². The van der Waals surface area contributed by atoms with Crippen LogP contribution < -0.4 is 21.0 Å². The second-order valence-electron chi connectivity index (χ2n) is 25.7. The van der Waals surface area contributed by atoms with Gasteiger partial charge in [0.15, 0.2) is 0 Å². The van der Waals surface area contributed by atoms with Crippen LogP contribution in [0.2, 0.25) is 5.04 Å². The number of amides is 2.